The predicted molar refractivity (Wildman–Crippen MR) is 72.1 cm³/mol. The van der Waals surface area contributed by atoms with Crippen LogP contribution in [0.5, 0.6) is 0 Å². The Labute approximate surface area is 113 Å². The Hall–Kier alpha value is -0.780. The van der Waals surface area contributed by atoms with E-state index in [0.29, 0.717) is 0 Å². The molecule has 0 amide bonds. The average Bonchev–Trinajstić information content (AvgIpc) is 2.66. The summed E-state index contributed by atoms with van der Waals surface area (Å²) in [6.45, 7) is 1.77. The van der Waals surface area contributed by atoms with Crippen LogP contribution in [0.4, 0.5) is 0 Å². The van der Waals surface area contributed by atoms with Gasteiger partial charge in [-0.05, 0) is 30.7 Å². The molecule has 17 heavy (non-hydrogen) atoms. The summed E-state index contributed by atoms with van der Waals surface area (Å²) < 4.78 is 2.74. The quantitative estimate of drug-likeness (QED) is 0.944. The lowest BCUT2D eigenvalue weighted by atomic mass is 10.1. The summed E-state index contributed by atoms with van der Waals surface area (Å²) in [5, 5.41) is 13.9. The van der Waals surface area contributed by atoms with Crippen LogP contribution in [0.25, 0.3) is 0 Å². The first-order valence-electron chi connectivity index (χ1n) is 5.20. The topological polar surface area (TPSA) is 38.1 Å². The lowest BCUT2D eigenvalue weighted by molar-refractivity contribution is 0.196. The first kappa shape index (κ1) is 12.7. The summed E-state index contributed by atoms with van der Waals surface area (Å²) in [6.07, 6.45) is 3.29. The molecule has 0 saturated carbocycles. The van der Waals surface area contributed by atoms with Crippen LogP contribution >= 0.6 is 27.7 Å². The smallest absolute Gasteiger partial charge is 0.0773 e. The molecule has 0 aliphatic carbocycles. The molecule has 0 fully saturated rings. The van der Waals surface area contributed by atoms with Crippen molar-refractivity contribution in [2.75, 3.05) is 0 Å². The van der Waals surface area contributed by atoms with Crippen LogP contribution in [0.15, 0.2) is 44.9 Å². The van der Waals surface area contributed by atoms with Crippen molar-refractivity contribution in [2.24, 2.45) is 7.05 Å². The van der Waals surface area contributed by atoms with Crippen molar-refractivity contribution in [1.29, 1.82) is 0 Å². The van der Waals surface area contributed by atoms with Gasteiger partial charge in [-0.1, -0.05) is 27.7 Å². The third-order valence-corrected chi connectivity index (χ3v) is 3.86. The van der Waals surface area contributed by atoms with Gasteiger partial charge < -0.3 is 5.11 Å². The molecule has 0 spiro atoms. The van der Waals surface area contributed by atoms with Crippen LogP contribution in [-0.2, 0) is 7.05 Å². The number of halogens is 1. The highest BCUT2D eigenvalue weighted by atomic mass is 79.9. The second-order valence-corrected chi connectivity index (χ2v) is 5.84. The molecule has 1 atom stereocenters. The molecule has 2 rings (SSSR count). The largest absolute Gasteiger partial charge is 0.389 e. The summed E-state index contributed by atoms with van der Waals surface area (Å²) in [7, 11) is 1.89. The number of rotatable bonds is 3. The number of aliphatic hydroxyl groups excluding tert-OH is 1. The van der Waals surface area contributed by atoms with Crippen molar-refractivity contribution in [3.05, 3.63) is 40.6 Å². The molecule has 1 aromatic carbocycles. The monoisotopic (exact) mass is 312 g/mol. The average molecular weight is 313 g/mol. The lowest BCUT2D eigenvalue weighted by Crippen LogP contribution is -1.93. The van der Waals surface area contributed by atoms with Crippen LogP contribution in [-0.4, -0.2) is 14.9 Å². The molecule has 1 unspecified atom stereocenters. The van der Waals surface area contributed by atoms with Gasteiger partial charge >= 0.3 is 0 Å². The summed E-state index contributed by atoms with van der Waals surface area (Å²) >= 11 is 5.03. The maximum absolute atomic E-state index is 9.76. The van der Waals surface area contributed by atoms with E-state index >= 15 is 0 Å². The maximum Gasteiger partial charge on any atom is 0.0773 e. The summed E-state index contributed by atoms with van der Waals surface area (Å²) in [6, 6.07) is 5.93. The number of nitrogens with zero attached hydrogens (tertiary/aromatic N) is 2. The third kappa shape index (κ3) is 3.12. The third-order valence-electron chi connectivity index (χ3n) is 2.33. The fourth-order valence-electron chi connectivity index (χ4n) is 1.52. The second kappa shape index (κ2) is 5.25. The fraction of sp³-hybridized carbons (Fsp3) is 0.250. The highest BCUT2D eigenvalue weighted by Crippen LogP contribution is 2.34. The molecular weight excluding hydrogens is 300 g/mol. The molecule has 1 heterocycles. The van der Waals surface area contributed by atoms with E-state index in [1.165, 1.54) is 0 Å². The van der Waals surface area contributed by atoms with Gasteiger partial charge in [0.15, 0.2) is 0 Å². The van der Waals surface area contributed by atoms with Gasteiger partial charge in [-0.15, -0.1) is 0 Å². The van der Waals surface area contributed by atoms with Gasteiger partial charge in [-0.25, -0.2) is 0 Å². The fourth-order valence-corrected chi connectivity index (χ4v) is 2.94. The standard InChI is InChI=1S/C12H13BrN2OS/c1-8(16)11-5-9(13)3-4-12(11)17-10-6-14-15(2)7-10/h3-8,16H,1-2H3. The maximum atomic E-state index is 9.76. The minimum Gasteiger partial charge on any atom is -0.389 e. The zero-order valence-corrected chi connectivity index (χ0v) is 12.0. The molecule has 0 aliphatic heterocycles. The first-order valence-corrected chi connectivity index (χ1v) is 6.81. The molecule has 90 valence electrons. The normalized spacial score (nSPS) is 12.7. The van der Waals surface area contributed by atoms with Gasteiger partial charge in [0.2, 0.25) is 0 Å². The molecule has 0 aliphatic rings. The van der Waals surface area contributed by atoms with Crippen molar-refractivity contribution in [3.8, 4) is 0 Å². The summed E-state index contributed by atoms with van der Waals surface area (Å²) in [5.41, 5.74) is 0.924. The zero-order valence-electron chi connectivity index (χ0n) is 9.59. The van der Waals surface area contributed by atoms with Gasteiger partial charge in [0.05, 0.1) is 17.2 Å². The van der Waals surface area contributed by atoms with E-state index in [9.17, 15) is 5.11 Å². The minimum atomic E-state index is -0.480. The van der Waals surface area contributed by atoms with Crippen LogP contribution in [0, 0.1) is 0 Å². The number of aryl methyl sites for hydroxylation is 1. The molecule has 5 heteroatoms. The number of hydrogen-bond donors (Lipinski definition) is 1. The van der Waals surface area contributed by atoms with Gasteiger partial charge in [0.25, 0.3) is 0 Å². The van der Waals surface area contributed by atoms with E-state index in [1.54, 1.807) is 23.4 Å². The van der Waals surface area contributed by atoms with Gasteiger partial charge in [0.1, 0.15) is 0 Å². The molecule has 1 aromatic heterocycles. The van der Waals surface area contributed by atoms with Crippen LogP contribution in [0.2, 0.25) is 0 Å². The number of aromatic nitrogens is 2. The van der Waals surface area contributed by atoms with E-state index in [4.69, 9.17) is 0 Å². The Morgan fingerprint density at radius 3 is 2.82 bits per heavy atom. The van der Waals surface area contributed by atoms with Crippen LogP contribution in [0.1, 0.15) is 18.6 Å². The first-order chi connectivity index (χ1) is 8.06. The van der Waals surface area contributed by atoms with Gasteiger partial charge in [-0.3, -0.25) is 4.68 Å². The summed E-state index contributed by atoms with van der Waals surface area (Å²) in [5.74, 6) is 0. The molecule has 0 bridgehead atoms. The van der Waals surface area contributed by atoms with Gasteiger partial charge in [0, 0.05) is 22.6 Å². The Morgan fingerprint density at radius 2 is 2.24 bits per heavy atom. The Bertz CT molecular complexity index is 525. The van der Waals surface area contributed by atoms with E-state index in [2.05, 4.69) is 21.0 Å². The number of aliphatic hydroxyl groups is 1. The predicted octanol–water partition coefficient (Wildman–Crippen LogP) is 3.39. The van der Waals surface area contributed by atoms with Crippen molar-refractivity contribution >= 4 is 27.7 Å². The van der Waals surface area contributed by atoms with E-state index < -0.39 is 6.10 Å². The Balaban J connectivity index is 2.32. The summed E-state index contributed by atoms with van der Waals surface area (Å²) in [4.78, 5) is 2.12. The molecule has 2 aromatic rings. The molecule has 1 N–H and O–H groups in total. The highest BCUT2D eigenvalue weighted by Gasteiger charge is 2.10. The number of hydrogen-bond acceptors (Lipinski definition) is 3. The van der Waals surface area contributed by atoms with E-state index in [0.717, 1.165) is 19.8 Å². The van der Waals surface area contributed by atoms with Crippen molar-refractivity contribution in [3.63, 3.8) is 0 Å². The molecule has 3 nitrogen and oxygen atoms in total. The molecule has 0 saturated heterocycles. The van der Waals surface area contributed by atoms with E-state index in [1.807, 2.05) is 37.6 Å². The Kier molecular flexibility index (Phi) is 3.91. The number of benzene rings is 1. The van der Waals surface area contributed by atoms with Crippen molar-refractivity contribution in [2.45, 2.75) is 22.8 Å². The van der Waals surface area contributed by atoms with Gasteiger partial charge in [-0.2, -0.15) is 5.10 Å². The van der Waals surface area contributed by atoms with Crippen LogP contribution < -0.4 is 0 Å². The molecule has 0 radical (unpaired) electrons. The lowest BCUT2D eigenvalue weighted by Gasteiger charge is -2.11. The van der Waals surface area contributed by atoms with Crippen molar-refractivity contribution in [1.82, 2.24) is 9.78 Å². The Morgan fingerprint density at radius 1 is 1.47 bits per heavy atom. The highest BCUT2D eigenvalue weighted by molar-refractivity contribution is 9.10. The van der Waals surface area contributed by atoms with Crippen molar-refractivity contribution < 1.29 is 5.11 Å². The molecular formula is C12H13BrN2OS. The second-order valence-electron chi connectivity index (χ2n) is 3.81. The SMILES string of the molecule is CC(O)c1cc(Br)ccc1Sc1cnn(C)c1. The van der Waals surface area contributed by atoms with E-state index in [-0.39, 0.29) is 0 Å². The zero-order chi connectivity index (χ0) is 12.4. The minimum absolute atomic E-state index is 0.480. The van der Waals surface area contributed by atoms with Crippen LogP contribution in [0.3, 0.4) is 0 Å².